The van der Waals surface area contributed by atoms with Crippen LogP contribution in [0.5, 0.6) is 0 Å². The number of carbonyl (C=O) groups is 2. The number of hydrogen-bond acceptors (Lipinski definition) is 5. The molecule has 7 heteroatoms. The van der Waals surface area contributed by atoms with Gasteiger partial charge in [-0.3, -0.25) is 9.69 Å². The molecule has 0 spiro atoms. The van der Waals surface area contributed by atoms with Gasteiger partial charge in [-0.1, -0.05) is 42.5 Å². The fourth-order valence-electron chi connectivity index (χ4n) is 5.15. The Hall–Kier alpha value is -4.52. The Labute approximate surface area is 208 Å². The molecule has 2 N–H and O–H groups in total. The molecule has 0 unspecified atom stereocenters. The van der Waals surface area contributed by atoms with Crippen molar-refractivity contribution in [1.29, 1.82) is 0 Å². The second-order valence-corrected chi connectivity index (χ2v) is 9.00. The fourth-order valence-corrected chi connectivity index (χ4v) is 5.15. The SMILES string of the molecule is O=C1C[C@@H](c2ccco2)CC2=C1[C@H](c1ccccc1)N(C(=O)NCc1ccco1)c1ccccc1N2. The molecule has 180 valence electrons. The first-order chi connectivity index (χ1) is 17.7. The van der Waals surface area contributed by atoms with E-state index in [2.05, 4.69) is 10.6 Å². The molecular formula is C29H25N3O4. The van der Waals surface area contributed by atoms with Gasteiger partial charge in [-0.2, -0.15) is 0 Å². The van der Waals surface area contributed by atoms with Crippen LogP contribution in [0.2, 0.25) is 0 Å². The van der Waals surface area contributed by atoms with Gasteiger partial charge in [0, 0.05) is 23.6 Å². The van der Waals surface area contributed by atoms with Crippen molar-refractivity contribution in [3.63, 3.8) is 0 Å². The molecule has 0 saturated heterocycles. The third-order valence-corrected chi connectivity index (χ3v) is 6.76. The van der Waals surface area contributed by atoms with Gasteiger partial charge in [0.25, 0.3) is 0 Å². The predicted octanol–water partition coefficient (Wildman–Crippen LogP) is 6.16. The first-order valence-electron chi connectivity index (χ1n) is 12.0. The standard InChI is InChI=1S/C29H25N3O4/c33-25-17-20(26-13-7-15-36-26)16-23-27(25)28(19-8-2-1-3-9-19)32(24-12-5-4-11-22(24)31-23)29(34)30-18-21-10-6-14-35-21/h1-15,20,28,31H,16-18H2,(H,30,34)/t20-,28-/m0/s1. The number of carbonyl (C=O) groups excluding carboxylic acids is 2. The Morgan fingerprint density at radius 2 is 1.69 bits per heavy atom. The van der Waals surface area contributed by atoms with E-state index in [0.717, 1.165) is 22.7 Å². The van der Waals surface area contributed by atoms with Crippen LogP contribution in [0.15, 0.2) is 111 Å². The fraction of sp³-hybridized carbons (Fsp3) is 0.172. The van der Waals surface area contributed by atoms with Gasteiger partial charge in [0.2, 0.25) is 0 Å². The summed E-state index contributed by atoms with van der Waals surface area (Å²) >= 11 is 0. The molecule has 0 saturated carbocycles. The van der Waals surface area contributed by atoms with Gasteiger partial charge in [0.15, 0.2) is 5.78 Å². The molecule has 2 amide bonds. The van der Waals surface area contributed by atoms with Crippen molar-refractivity contribution < 1.29 is 18.4 Å². The van der Waals surface area contributed by atoms with Gasteiger partial charge < -0.3 is 19.5 Å². The number of rotatable bonds is 4. The highest BCUT2D eigenvalue weighted by Gasteiger charge is 2.42. The zero-order chi connectivity index (χ0) is 24.5. The van der Waals surface area contributed by atoms with E-state index in [1.165, 1.54) is 0 Å². The van der Waals surface area contributed by atoms with E-state index in [9.17, 15) is 9.59 Å². The lowest BCUT2D eigenvalue weighted by atomic mass is 9.80. The van der Waals surface area contributed by atoms with Crippen LogP contribution in [0.3, 0.4) is 0 Å². The Bertz CT molecular complexity index is 1410. The number of furan rings is 2. The Kier molecular flexibility index (Phi) is 5.65. The first-order valence-corrected chi connectivity index (χ1v) is 12.0. The third-order valence-electron chi connectivity index (χ3n) is 6.76. The third kappa shape index (κ3) is 3.98. The first kappa shape index (κ1) is 22.0. The number of ketones is 1. The molecule has 2 aliphatic rings. The minimum absolute atomic E-state index is 0.00403. The molecule has 3 heterocycles. The monoisotopic (exact) mass is 479 g/mol. The number of fused-ring (bicyclic) bond motifs is 1. The highest BCUT2D eigenvalue weighted by molar-refractivity contribution is 6.06. The summed E-state index contributed by atoms with van der Waals surface area (Å²) in [6.07, 6.45) is 4.13. The van der Waals surface area contributed by atoms with Gasteiger partial charge in [-0.05, 0) is 48.4 Å². The second-order valence-electron chi connectivity index (χ2n) is 9.00. The molecule has 1 aliphatic carbocycles. The molecule has 0 radical (unpaired) electrons. The van der Waals surface area contributed by atoms with Crippen LogP contribution in [0.1, 0.15) is 41.9 Å². The number of hydrogen-bond donors (Lipinski definition) is 2. The number of nitrogens with one attached hydrogen (secondary N) is 2. The number of urea groups is 1. The summed E-state index contributed by atoms with van der Waals surface area (Å²) in [6, 6.07) is 23.8. The average Bonchev–Trinajstić information content (AvgIpc) is 3.60. The largest absolute Gasteiger partial charge is 0.469 e. The zero-order valence-electron chi connectivity index (χ0n) is 19.5. The van der Waals surface area contributed by atoms with Gasteiger partial charge in [0.1, 0.15) is 11.5 Å². The summed E-state index contributed by atoms with van der Waals surface area (Å²) in [5, 5.41) is 6.50. The minimum atomic E-state index is -0.598. The van der Waals surface area contributed by atoms with E-state index >= 15 is 0 Å². The number of Topliss-reactive ketones (excluding diaryl/α,β-unsaturated/α-hetero) is 1. The van der Waals surface area contributed by atoms with Gasteiger partial charge in [0.05, 0.1) is 36.5 Å². The molecule has 7 nitrogen and oxygen atoms in total. The van der Waals surface area contributed by atoms with Crippen LogP contribution < -0.4 is 15.5 Å². The lowest BCUT2D eigenvalue weighted by molar-refractivity contribution is -0.116. The van der Waals surface area contributed by atoms with E-state index < -0.39 is 6.04 Å². The van der Waals surface area contributed by atoms with E-state index in [0.29, 0.717) is 29.9 Å². The Balaban J connectivity index is 1.48. The van der Waals surface area contributed by atoms with E-state index in [1.807, 2.05) is 72.8 Å². The highest BCUT2D eigenvalue weighted by atomic mass is 16.3. The summed E-state index contributed by atoms with van der Waals surface area (Å²) < 4.78 is 11.1. The van der Waals surface area contributed by atoms with Gasteiger partial charge in [-0.15, -0.1) is 0 Å². The quantitative estimate of drug-likeness (QED) is 0.366. The summed E-state index contributed by atoms with van der Waals surface area (Å²) in [5.74, 6) is 1.37. The van der Waals surface area contributed by atoms with Crippen LogP contribution >= 0.6 is 0 Å². The lowest BCUT2D eigenvalue weighted by Crippen LogP contribution is -2.44. The topological polar surface area (TPSA) is 87.7 Å². The number of para-hydroxylation sites is 2. The van der Waals surface area contributed by atoms with Crippen molar-refractivity contribution in [1.82, 2.24) is 5.32 Å². The Morgan fingerprint density at radius 3 is 2.47 bits per heavy atom. The van der Waals surface area contributed by atoms with Crippen LogP contribution in [0, 0.1) is 0 Å². The van der Waals surface area contributed by atoms with E-state index in [1.54, 1.807) is 23.5 Å². The van der Waals surface area contributed by atoms with E-state index in [-0.39, 0.29) is 24.3 Å². The maximum Gasteiger partial charge on any atom is 0.323 e. The molecule has 36 heavy (non-hydrogen) atoms. The maximum absolute atomic E-state index is 13.8. The van der Waals surface area contributed by atoms with Crippen molar-refractivity contribution in [2.45, 2.75) is 31.3 Å². The molecule has 4 aromatic rings. The predicted molar refractivity (Wildman–Crippen MR) is 135 cm³/mol. The molecule has 2 atom stereocenters. The summed E-state index contributed by atoms with van der Waals surface area (Å²) in [5.41, 5.74) is 3.75. The van der Waals surface area contributed by atoms with Crippen molar-refractivity contribution in [3.05, 3.63) is 120 Å². The molecule has 2 aromatic carbocycles. The molecule has 0 bridgehead atoms. The van der Waals surface area contributed by atoms with Gasteiger partial charge >= 0.3 is 6.03 Å². The summed E-state index contributed by atoms with van der Waals surface area (Å²) in [6.45, 7) is 0.236. The molecule has 6 rings (SSSR count). The van der Waals surface area contributed by atoms with Crippen molar-refractivity contribution >= 4 is 23.2 Å². The van der Waals surface area contributed by atoms with Crippen LogP contribution in [-0.2, 0) is 11.3 Å². The zero-order valence-corrected chi connectivity index (χ0v) is 19.5. The number of anilines is 2. The second kappa shape index (κ2) is 9.26. The molecule has 0 fully saturated rings. The van der Waals surface area contributed by atoms with Crippen LogP contribution in [0.4, 0.5) is 16.2 Å². The maximum atomic E-state index is 13.8. The Morgan fingerprint density at radius 1 is 0.917 bits per heavy atom. The summed E-state index contributed by atoms with van der Waals surface area (Å²) in [7, 11) is 0. The smallest absolute Gasteiger partial charge is 0.323 e. The number of amides is 2. The van der Waals surface area contributed by atoms with E-state index in [4.69, 9.17) is 8.83 Å². The lowest BCUT2D eigenvalue weighted by Gasteiger charge is -2.34. The molecule has 2 aromatic heterocycles. The van der Waals surface area contributed by atoms with Crippen LogP contribution in [-0.4, -0.2) is 11.8 Å². The minimum Gasteiger partial charge on any atom is -0.469 e. The molecule has 1 aliphatic heterocycles. The summed E-state index contributed by atoms with van der Waals surface area (Å²) in [4.78, 5) is 29.3. The van der Waals surface area contributed by atoms with Crippen LogP contribution in [0.25, 0.3) is 0 Å². The highest BCUT2D eigenvalue weighted by Crippen LogP contribution is 2.47. The number of allylic oxidation sites excluding steroid dienone is 1. The average molecular weight is 480 g/mol. The number of benzene rings is 2. The van der Waals surface area contributed by atoms with Gasteiger partial charge in [-0.25, -0.2) is 4.79 Å². The molecular weight excluding hydrogens is 454 g/mol. The van der Waals surface area contributed by atoms with Crippen molar-refractivity contribution in [2.75, 3.05) is 10.2 Å². The number of nitrogens with zero attached hydrogens (tertiary/aromatic N) is 1. The normalized spacial score (nSPS) is 19.2. The van der Waals surface area contributed by atoms with Crippen molar-refractivity contribution in [2.24, 2.45) is 0 Å². The van der Waals surface area contributed by atoms with Crippen molar-refractivity contribution in [3.8, 4) is 0 Å².